The molecule has 0 aromatic heterocycles. The van der Waals surface area contributed by atoms with Crippen LogP contribution in [-0.2, 0) is 4.74 Å². The van der Waals surface area contributed by atoms with E-state index >= 15 is 0 Å². The zero-order valence-electron chi connectivity index (χ0n) is 14.2. The van der Waals surface area contributed by atoms with Gasteiger partial charge in [-0.15, -0.1) is 0 Å². The van der Waals surface area contributed by atoms with Crippen molar-refractivity contribution in [2.45, 2.75) is 5.79 Å². The summed E-state index contributed by atoms with van der Waals surface area (Å²) in [7, 11) is 9.58. The first-order valence-electron chi connectivity index (χ1n) is 7.23. The first-order valence-corrected chi connectivity index (χ1v) is 7.23. The summed E-state index contributed by atoms with van der Waals surface area (Å²) < 4.78 is 5.00. The van der Waals surface area contributed by atoms with Crippen LogP contribution in [0.25, 0.3) is 0 Å². The lowest BCUT2D eigenvalue weighted by Crippen LogP contribution is -2.68. The number of nitrogens with one attached hydrogen (secondary N) is 4. The highest BCUT2D eigenvalue weighted by molar-refractivity contribution is 4.80. The largest absolute Gasteiger partial charge is 0.395 e. The van der Waals surface area contributed by atoms with Gasteiger partial charge in [0.05, 0.1) is 26.4 Å². The lowest BCUT2D eigenvalue weighted by atomic mass is 10.3. The molecule has 0 aromatic carbocycles. The van der Waals surface area contributed by atoms with Crippen molar-refractivity contribution < 1.29 is 14.9 Å². The molecule has 8 nitrogen and oxygen atoms in total. The van der Waals surface area contributed by atoms with E-state index in [-0.39, 0.29) is 19.0 Å². The number of likely N-dealkylation sites (N-methyl/N-ethyl adjacent to an activating group) is 4. The Labute approximate surface area is 129 Å². The van der Waals surface area contributed by atoms with Crippen LogP contribution in [0, 0.1) is 0 Å². The minimum Gasteiger partial charge on any atom is -0.395 e. The van der Waals surface area contributed by atoms with Crippen LogP contribution in [0.15, 0.2) is 0 Å². The summed E-state index contributed by atoms with van der Waals surface area (Å²) in [5.41, 5.74) is 0. The fourth-order valence-corrected chi connectivity index (χ4v) is 1.41. The van der Waals surface area contributed by atoms with E-state index in [0.29, 0.717) is 26.3 Å². The van der Waals surface area contributed by atoms with Gasteiger partial charge in [-0.05, 0) is 35.2 Å². The monoisotopic (exact) mass is 309 g/mol. The highest BCUT2D eigenvalue weighted by atomic mass is 16.5. The number of aliphatic hydroxyl groups is 2. The average molecular weight is 309 g/mol. The SMILES string of the molecule is CN(C)CCOCCO.CNC(CNCCO)(NC)NC. The maximum absolute atomic E-state index is 8.56. The molecular weight excluding hydrogens is 274 g/mol. The van der Waals surface area contributed by atoms with Crippen molar-refractivity contribution in [1.82, 2.24) is 26.2 Å². The van der Waals surface area contributed by atoms with Gasteiger partial charge in [0.25, 0.3) is 0 Å². The molecule has 0 unspecified atom stereocenters. The topological polar surface area (TPSA) is 101 Å². The van der Waals surface area contributed by atoms with E-state index in [4.69, 9.17) is 14.9 Å². The summed E-state index contributed by atoms with van der Waals surface area (Å²) >= 11 is 0. The third-order valence-electron chi connectivity index (χ3n) is 2.88. The summed E-state index contributed by atoms with van der Waals surface area (Å²) in [6.45, 7) is 3.66. The van der Waals surface area contributed by atoms with Crippen molar-refractivity contribution >= 4 is 0 Å². The third kappa shape index (κ3) is 14.4. The number of aliphatic hydroxyl groups excluding tert-OH is 2. The van der Waals surface area contributed by atoms with E-state index in [1.807, 2.05) is 40.1 Å². The first kappa shape index (κ1) is 23.0. The Kier molecular flexibility index (Phi) is 17.6. The second-order valence-electron chi connectivity index (χ2n) is 4.69. The van der Waals surface area contributed by atoms with Crippen molar-refractivity contribution in [2.24, 2.45) is 0 Å². The zero-order valence-corrected chi connectivity index (χ0v) is 14.2. The molecule has 0 saturated carbocycles. The second kappa shape index (κ2) is 16.1. The molecule has 0 aliphatic carbocycles. The van der Waals surface area contributed by atoms with Crippen molar-refractivity contribution in [2.75, 3.05) is 81.3 Å². The molecule has 0 bridgehead atoms. The molecule has 0 rings (SSSR count). The molecular formula is C13H35N5O3. The van der Waals surface area contributed by atoms with Gasteiger partial charge in [-0.25, -0.2) is 0 Å². The molecule has 21 heavy (non-hydrogen) atoms. The summed E-state index contributed by atoms with van der Waals surface area (Å²) in [5.74, 6) is -0.296. The Morgan fingerprint density at radius 3 is 1.90 bits per heavy atom. The molecule has 0 fully saturated rings. The minimum atomic E-state index is -0.296. The minimum absolute atomic E-state index is 0.118. The van der Waals surface area contributed by atoms with Crippen molar-refractivity contribution in [3.8, 4) is 0 Å². The number of nitrogens with zero attached hydrogens (tertiary/aromatic N) is 1. The maximum Gasteiger partial charge on any atom is 0.135 e. The fourth-order valence-electron chi connectivity index (χ4n) is 1.41. The van der Waals surface area contributed by atoms with E-state index in [1.165, 1.54) is 0 Å². The number of ether oxygens (including phenoxy) is 1. The molecule has 6 N–H and O–H groups in total. The third-order valence-corrected chi connectivity index (χ3v) is 2.88. The predicted molar refractivity (Wildman–Crippen MR) is 86.3 cm³/mol. The standard InChI is InChI=1S/C7H20N4O.C6H15NO2/c1-8-7(9-2,10-3)6-11-4-5-12;1-7(2)3-5-9-6-4-8/h8-12H,4-6H2,1-3H3;8H,3-6H2,1-2H3. The molecule has 0 radical (unpaired) electrons. The van der Waals surface area contributed by atoms with Crippen LogP contribution in [0.2, 0.25) is 0 Å². The molecule has 0 aromatic rings. The number of hydrogen-bond donors (Lipinski definition) is 6. The second-order valence-corrected chi connectivity index (χ2v) is 4.69. The van der Waals surface area contributed by atoms with Gasteiger partial charge in [0.15, 0.2) is 0 Å². The van der Waals surface area contributed by atoms with Gasteiger partial charge in [0, 0.05) is 19.6 Å². The Morgan fingerprint density at radius 1 is 0.952 bits per heavy atom. The van der Waals surface area contributed by atoms with Crippen LogP contribution in [0.3, 0.4) is 0 Å². The van der Waals surface area contributed by atoms with Crippen LogP contribution in [-0.4, -0.2) is 102 Å². The summed E-state index contributed by atoms with van der Waals surface area (Å²) in [4.78, 5) is 2.04. The van der Waals surface area contributed by atoms with E-state index in [0.717, 1.165) is 6.54 Å². The summed E-state index contributed by atoms with van der Waals surface area (Å²) in [6, 6.07) is 0. The quantitative estimate of drug-likeness (QED) is 0.173. The smallest absolute Gasteiger partial charge is 0.135 e. The van der Waals surface area contributed by atoms with Crippen LogP contribution in [0.1, 0.15) is 0 Å². The summed E-state index contributed by atoms with van der Waals surface area (Å²) in [5, 5.41) is 29.3. The Bertz CT molecular complexity index is 196. The van der Waals surface area contributed by atoms with Gasteiger partial charge >= 0.3 is 0 Å². The normalized spacial score (nSPS) is 11.4. The first-order chi connectivity index (χ1) is 10.0. The fraction of sp³-hybridized carbons (Fsp3) is 1.00. The Hall–Kier alpha value is -0.320. The lowest BCUT2D eigenvalue weighted by molar-refractivity contribution is 0.0821. The molecule has 0 spiro atoms. The van der Waals surface area contributed by atoms with Crippen LogP contribution in [0.5, 0.6) is 0 Å². The van der Waals surface area contributed by atoms with E-state index in [9.17, 15) is 0 Å². The maximum atomic E-state index is 8.56. The molecule has 8 heteroatoms. The van der Waals surface area contributed by atoms with E-state index in [2.05, 4.69) is 21.3 Å². The average Bonchev–Trinajstić information content (AvgIpc) is 2.49. The zero-order chi connectivity index (χ0) is 16.6. The molecule has 0 atom stereocenters. The molecule has 130 valence electrons. The number of rotatable bonds is 12. The Morgan fingerprint density at radius 2 is 1.52 bits per heavy atom. The van der Waals surface area contributed by atoms with Gasteiger partial charge in [-0.2, -0.15) is 0 Å². The van der Waals surface area contributed by atoms with Crippen LogP contribution < -0.4 is 21.3 Å². The van der Waals surface area contributed by atoms with Gasteiger partial charge in [0.1, 0.15) is 5.79 Å². The molecule has 0 amide bonds. The van der Waals surface area contributed by atoms with Gasteiger partial charge in [-0.1, -0.05) is 0 Å². The Balaban J connectivity index is 0. The molecule has 0 aliphatic heterocycles. The molecule has 0 heterocycles. The van der Waals surface area contributed by atoms with Gasteiger partial charge in [-0.3, -0.25) is 16.0 Å². The lowest BCUT2D eigenvalue weighted by Gasteiger charge is -2.33. The van der Waals surface area contributed by atoms with Gasteiger partial charge < -0.3 is 25.2 Å². The van der Waals surface area contributed by atoms with Crippen LogP contribution in [0.4, 0.5) is 0 Å². The van der Waals surface area contributed by atoms with E-state index in [1.54, 1.807) is 0 Å². The molecule has 0 saturated heterocycles. The number of hydrogen-bond acceptors (Lipinski definition) is 8. The van der Waals surface area contributed by atoms with Crippen molar-refractivity contribution in [1.29, 1.82) is 0 Å². The summed E-state index contributed by atoms with van der Waals surface area (Å²) in [6.07, 6.45) is 0. The molecule has 0 aliphatic rings. The highest BCUT2D eigenvalue weighted by Crippen LogP contribution is 1.88. The van der Waals surface area contributed by atoms with Crippen molar-refractivity contribution in [3.05, 3.63) is 0 Å². The predicted octanol–water partition coefficient (Wildman–Crippen LogP) is -2.56. The van der Waals surface area contributed by atoms with Crippen molar-refractivity contribution in [3.63, 3.8) is 0 Å². The van der Waals surface area contributed by atoms with E-state index < -0.39 is 0 Å². The van der Waals surface area contributed by atoms with Crippen LogP contribution >= 0.6 is 0 Å². The van der Waals surface area contributed by atoms with Gasteiger partial charge in [0.2, 0.25) is 0 Å². The highest BCUT2D eigenvalue weighted by Gasteiger charge is 2.21.